The van der Waals surface area contributed by atoms with Gasteiger partial charge in [-0.2, -0.15) is 0 Å². The van der Waals surface area contributed by atoms with E-state index in [1.54, 1.807) is 7.11 Å². The summed E-state index contributed by atoms with van der Waals surface area (Å²) in [6.07, 6.45) is 1.68. The molecular weight excluding hydrogens is 254 g/mol. The summed E-state index contributed by atoms with van der Waals surface area (Å²) in [7, 11) is 1.63. The van der Waals surface area contributed by atoms with Crippen LogP contribution >= 0.6 is 0 Å². The first-order valence-electron chi connectivity index (χ1n) is 6.70. The zero-order valence-electron chi connectivity index (χ0n) is 11.8. The molecule has 4 nitrogen and oxygen atoms in total. The van der Waals surface area contributed by atoms with Gasteiger partial charge in [0.2, 0.25) is 5.91 Å². The SMILES string of the molecule is COCCCC(=O)NCc1cccc(C#CCCO)c1. The molecule has 0 heterocycles. The van der Waals surface area contributed by atoms with E-state index >= 15 is 0 Å². The van der Waals surface area contributed by atoms with Crippen LogP contribution in [0.5, 0.6) is 0 Å². The lowest BCUT2D eigenvalue weighted by atomic mass is 10.1. The number of ether oxygens (including phenoxy) is 1. The molecule has 0 aromatic heterocycles. The number of carbonyl (C=O) groups excluding carboxylic acids is 1. The van der Waals surface area contributed by atoms with Crippen molar-refractivity contribution in [3.8, 4) is 11.8 Å². The summed E-state index contributed by atoms with van der Waals surface area (Å²) in [4.78, 5) is 11.6. The monoisotopic (exact) mass is 275 g/mol. The highest BCUT2D eigenvalue weighted by atomic mass is 16.5. The number of nitrogens with one attached hydrogen (secondary N) is 1. The topological polar surface area (TPSA) is 58.6 Å². The molecule has 0 aliphatic rings. The van der Waals surface area contributed by atoms with Gasteiger partial charge in [0.1, 0.15) is 0 Å². The lowest BCUT2D eigenvalue weighted by Gasteiger charge is -2.05. The second-order valence-corrected chi connectivity index (χ2v) is 4.35. The number of benzene rings is 1. The Balaban J connectivity index is 2.42. The van der Waals surface area contributed by atoms with Crippen LogP contribution in [0.2, 0.25) is 0 Å². The second-order valence-electron chi connectivity index (χ2n) is 4.35. The molecule has 108 valence electrons. The number of amides is 1. The molecule has 0 saturated heterocycles. The van der Waals surface area contributed by atoms with E-state index in [0.29, 0.717) is 26.0 Å². The normalized spacial score (nSPS) is 9.70. The quantitative estimate of drug-likeness (QED) is 0.585. The molecule has 0 aliphatic carbocycles. The molecule has 1 aromatic carbocycles. The minimum atomic E-state index is 0.0267. The molecule has 0 spiro atoms. The fourth-order valence-corrected chi connectivity index (χ4v) is 1.65. The van der Waals surface area contributed by atoms with Crippen LogP contribution in [0.4, 0.5) is 0 Å². The van der Waals surface area contributed by atoms with E-state index in [1.165, 1.54) is 0 Å². The molecule has 0 aliphatic heterocycles. The van der Waals surface area contributed by atoms with E-state index in [0.717, 1.165) is 17.5 Å². The Morgan fingerprint density at radius 2 is 2.30 bits per heavy atom. The summed E-state index contributed by atoms with van der Waals surface area (Å²) in [5, 5.41) is 11.5. The average Bonchev–Trinajstić information content (AvgIpc) is 2.46. The third-order valence-electron chi connectivity index (χ3n) is 2.64. The van der Waals surface area contributed by atoms with Crippen molar-refractivity contribution in [2.75, 3.05) is 20.3 Å². The van der Waals surface area contributed by atoms with Crippen molar-refractivity contribution in [1.29, 1.82) is 0 Å². The molecule has 2 N–H and O–H groups in total. The Labute approximate surface area is 120 Å². The molecule has 0 unspecified atom stereocenters. The van der Waals surface area contributed by atoms with E-state index in [1.807, 2.05) is 24.3 Å². The van der Waals surface area contributed by atoms with Crippen LogP contribution in [0, 0.1) is 11.8 Å². The van der Waals surface area contributed by atoms with Crippen LogP contribution in [0.25, 0.3) is 0 Å². The number of rotatable bonds is 7. The van der Waals surface area contributed by atoms with E-state index in [2.05, 4.69) is 17.2 Å². The fraction of sp³-hybridized carbons (Fsp3) is 0.438. The van der Waals surface area contributed by atoms with Crippen molar-refractivity contribution >= 4 is 5.91 Å². The van der Waals surface area contributed by atoms with Crippen LogP contribution in [0.15, 0.2) is 24.3 Å². The lowest BCUT2D eigenvalue weighted by Crippen LogP contribution is -2.22. The van der Waals surface area contributed by atoms with Gasteiger partial charge in [-0.25, -0.2) is 0 Å². The summed E-state index contributed by atoms with van der Waals surface area (Å²) in [6.45, 7) is 1.18. The first-order valence-corrected chi connectivity index (χ1v) is 6.70. The first kappa shape index (κ1) is 16.2. The molecular formula is C16H21NO3. The smallest absolute Gasteiger partial charge is 0.220 e. The van der Waals surface area contributed by atoms with Crippen LogP contribution in [-0.2, 0) is 16.1 Å². The van der Waals surface area contributed by atoms with Gasteiger partial charge in [-0.15, -0.1) is 0 Å². The molecule has 0 atom stereocenters. The molecule has 0 bridgehead atoms. The van der Waals surface area contributed by atoms with Gasteiger partial charge in [-0.1, -0.05) is 24.0 Å². The van der Waals surface area contributed by atoms with Crippen LogP contribution in [-0.4, -0.2) is 31.3 Å². The number of aliphatic hydroxyl groups is 1. The summed E-state index contributed by atoms with van der Waals surface area (Å²) in [6, 6.07) is 7.72. The second kappa shape index (κ2) is 10.0. The number of hydrogen-bond acceptors (Lipinski definition) is 3. The van der Waals surface area contributed by atoms with Crippen LogP contribution in [0.3, 0.4) is 0 Å². The third kappa shape index (κ3) is 6.93. The van der Waals surface area contributed by atoms with E-state index in [4.69, 9.17) is 9.84 Å². The van der Waals surface area contributed by atoms with Crippen molar-refractivity contribution in [3.63, 3.8) is 0 Å². The molecule has 1 amide bonds. The molecule has 20 heavy (non-hydrogen) atoms. The Morgan fingerprint density at radius 1 is 1.45 bits per heavy atom. The maximum Gasteiger partial charge on any atom is 0.220 e. The molecule has 1 rings (SSSR count). The van der Waals surface area contributed by atoms with Crippen molar-refractivity contribution in [1.82, 2.24) is 5.32 Å². The Bertz CT molecular complexity index is 474. The fourth-order valence-electron chi connectivity index (χ4n) is 1.65. The first-order chi connectivity index (χ1) is 9.76. The van der Waals surface area contributed by atoms with Crippen molar-refractivity contribution in [2.45, 2.75) is 25.8 Å². The highest BCUT2D eigenvalue weighted by Gasteiger charge is 2.01. The van der Waals surface area contributed by atoms with E-state index in [9.17, 15) is 4.79 Å². The predicted octanol–water partition coefficient (Wildman–Crippen LogP) is 1.46. The van der Waals surface area contributed by atoms with Gasteiger partial charge < -0.3 is 15.2 Å². The average molecular weight is 275 g/mol. The van der Waals surface area contributed by atoms with Gasteiger partial charge >= 0.3 is 0 Å². The third-order valence-corrected chi connectivity index (χ3v) is 2.64. The molecule has 0 radical (unpaired) electrons. The van der Waals surface area contributed by atoms with Gasteiger partial charge in [0.05, 0.1) is 6.61 Å². The zero-order chi connectivity index (χ0) is 14.6. The maximum atomic E-state index is 11.6. The van der Waals surface area contributed by atoms with Crippen molar-refractivity contribution < 1.29 is 14.6 Å². The number of aliphatic hydroxyl groups excluding tert-OH is 1. The summed E-state index contributed by atoms with van der Waals surface area (Å²) >= 11 is 0. The highest BCUT2D eigenvalue weighted by Crippen LogP contribution is 2.04. The highest BCUT2D eigenvalue weighted by molar-refractivity contribution is 5.75. The standard InChI is InChI=1S/C16H21NO3/c1-20-11-5-9-16(19)17-13-15-8-4-7-14(12-15)6-2-3-10-18/h4,7-8,12,18H,3,5,9-11,13H2,1H3,(H,17,19). The van der Waals surface area contributed by atoms with Gasteiger partial charge in [-0.05, 0) is 24.1 Å². The largest absolute Gasteiger partial charge is 0.395 e. The van der Waals surface area contributed by atoms with Crippen LogP contribution < -0.4 is 5.32 Å². The Hall–Kier alpha value is -1.83. The predicted molar refractivity (Wildman–Crippen MR) is 78.0 cm³/mol. The molecule has 0 fully saturated rings. The van der Waals surface area contributed by atoms with Gasteiger partial charge in [0.15, 0.2) is 0 Å². The van der Waals surface area contributed by atoms with Crippen molar-refractivity contribution in [3.05, 3.63) is 35.4 Å². The minimum absolute atomic E-state index is 0.0267. The summed E-state index contributed by atoms with van der Waals surface area (Å²) < 4.78 is 4.90. The van der Waals surface area contributed by atoms with E-state index in [-0.39, 0.29) is 12.5 Å². The molecule has 1 aromatic rings. The maximum absolute atomic E-state index is 11.6. The number of methoxy groups -OCH3 is 1. The minimum Gasteiger partial charge on any atom is -0.395 e. The molecule has 4 heteroatoms. The van der Waals surface area contributed by atoms with E-state index < -0.39 is 0 Å². The van der Waals surface area contributed by atoms with Crippen LogP contribution in [0.1, 0.15) is 30.4 Å². The number of hydrogen-bond donors (Lipinski definition) is 2. The lowest BCUT2D eigenvalue weighted by molar-refractivity contribution is -0.121. The van der Waals surface area contributed by atoms with Gasteiger partial charge in [-0.3, -0.25) is 4.79 Å². The zero-order valence-corrected chi connectivity index (χ0v) is 11.8. The van der Waals surface area contributed by atoms with Crippen molar-refractivity contribution in [2.24, 2.45) is 0 Å². The summed E-state index contributed by atoms with van der Waals surface area (Å²) in [5.41, 5.74) is 1.91. The Morgan fingerprint density at radius 3 is 3.05 bits per heavy atom. The van der Waals surface area contributed by atoms with Gasteiger partial charge in [0, 0.05) is 38.7 Å². The summed E-state index contributed by atoms with van der Waals surface area (Å²) in [5.74, 6) is 5.88. The van der Waals surface area contributed by atoms with Gasteiger partial charge in [0.25, 0.3) is 0 Å². The molecule has 0 saturated carbocycles. The number of carbonyl (C=O) groups is 1. The Kier molecular flexibility index (Phi) is 8.13.